The lowest BCUT2D eigenvalue weighted by Crippen LogP contribution is -2.22. The standard InChI is InChI=1S/C22H18ClN3O3/c1-14-15(2)26(18-6-4-3-5-7-18)21(19(14)12-24)25-20(27)13-29-22(28)16-8-10-17(23)11-9-16/h3-11H,13H2,1-2H3,(H,25,27). The minimum Gasteiger partial charge on any atom is -0.452 e. The second-order valence-corrected chi connectivity index (χ2v) is 6.78. The van der Waals surface area contributed by atoms with Crippen molar-refractivity contribution >= 4 is 29.3 Å². The third-order valence-corrected chi connectivity index (χ3v) is 4.76. The average Bonchev–Trinajstić information content (AvgIpc) is 2.96. The molecule has 0 aliphatic carbocycles. The smallest absolute Gasteiger partial charge is 0.338 e. The number of hydrogen-bond donors (Lipinski definition) is 1. The Kier molecular flexibility index (Phi) is 6.01. The summed E-state index contributed by atoms with van der Waals surface area (Å²) >= 11 is 5.80. The van der Waals surface area contributed by atoms with Crippen LogP contribution in [-0.2, 0) is 9.53 Å². The molecule has 6 nitrogen and oxygen atoms in total. The van der Waals surface area contributed by atoms with E-state index in [1.165, 1.54) is 12.1 Å². The second kappa shape index (κ2) is 8.63. The molecule has 29 heavy (non-hydrogen) atoms. The summed E-state index contributed by atoms with van der Waals surface area (Å²) in [7, 11) is 0. The van der Waals surface area contributed by atoms with E-state index in [-0.39, 0.29) is 0 Å². The average molecular weight is 408 g/mol. The Morgan fingerprint density at radius 2 is 1.76 bits per heavy atom. The van der Waals surface area contributed by atoms with Gasteiger partial charge in [0, 0.05) is 16.4 Å². The maximum absolute atomic E-state index is 12.4. The molecule has 1 N–H and O–H groups in total. The number of aromatic nitrogens is 1. The zero-order valence-electron chi connectivity index (χ0n) is 15.9. The van der Waals surface area contributed by atoms with Gasteiger partial charge >= 0.3 is 5.97 Å². The molecule has 0 aliphatic rings. The molecule has 1 heterocycles. The molecule has 0 fully saturated rings. The van der Waals surface area contributed by atoms with Gasteiger partial charge in [0.25, 0.3) is 5.91 Å². The molecule has 7 heteroatoms. The van der Waals surface area contributed by atoms with Crippen molar-refractivity contribution in [2.75, 3.05) is 11.9 Å². The second-order valence-electron chi connectivity index (χ2n) is 6.35. The fourth-order valence-electron chi connectivity index (χ4n) is 2.93. The molecule has 0 unspecified atom stereocenters. The predicted molar refractivity (Wildman–Crippen MR) is 110 cm³/mol. The van der Waals surface area contributed by atoms with E-state index in [0.29, 0.717) is 22.0 Å². The fourth-order valence-corrected chi connectivity index (χ4v) is 3.06. The number of nitriles is 1. The van der Waals surface area contributed by atoms with Crippen LogP contribution in [0.2, 0.25) is 5.02 Å². The van der Waals surface area contributed by atoms with Crippen LogP contribution in [0.5, 0.6) is 0 Å². The summed E-state index contributed by atoms with van der Waals surface area (Å²) in [6, 6.07) is 17.7. The molecule has 0 radical (unpaired) electrons. The van der Waals surface area contributed by atoms with Gasteiger partial charge in [-0.1, -0.05) is 29.8 Å². The van der Waals surface area contributed by atoms with E-state index in [1.807, 2.05) is 44.2 Å². The van der Waals surface area contributed by atoms with E-state index in [4.69, 9.17) is 16.3 Å². The van der Waals surface area contributed by atoms with E-state index in [2.05, 4.69) is 11.4 Å². The number of ether oxygens (including phenoxy) is 1. The monoisotopic (exact) mass is 407 g/mol. The Balaban J connectivity index is 1.80. The lowest BCUT2D eigenvalue weighted by atomic mass is 10.2. The minimum absolute atomic E-state index is 0.291. The molecule has 2 aromatic carbocycles. The quantitative estimate of drug-likeness (QED) is 0.634. The first-order chi connectivity index (χ1) is 13.9. The molecule has 0 bridgehead atoms. The molecule has 3 aromatic rings. The van der Waals surface area contributed by atoms with Gasteiger partial charge in [0.1, 0.15) is 11.9 Å². The van der Waals surface area contributed by atoms with Crippen LogP contribution in [0, 0.1) is 25.2 Å². The third-order valence-electron chi connectivity index (χ3n) is 4.51. The summed E-state index contributed by atoms with van der Waals surface area (Å²) < 4.78 is 6.87. The number of halogens is 1. The van der Waals surface area contributed by atoms with Gasteiger partial charge in [-0.05, 0) is 55.8 Å². The lowest BCUT2D eigenvalue weighted by molar-refractivity contribution is -0.119. The van der Waals surface area contributed by atoms with Crippen LogP contribution < -0.4 is 5.32 Å². The van der Waals surface area contributed by atoms with Gasteiger partial charge in [-0.25, -0.2) is 4.79 Å². The number of amides is 1. The van der Waals surface area contributed by atoms with E-state index < -0.39 is 18.5 Å². The zero-order chi connectivity index (χ0) is 21.0. The van der Waals surface area contributed by atoms with Crippen molar-refractivity contribution in [3.63, 3.8) is 0 Å². The van der Waals surface area contributed by atoms with Crippen LogP contribution in [0.25, 0.3) is 5.69 Å². The van der Waals surface area contributed by atoms with Crippen LogP contribution >= 0.6 is 11.6 Å². The maximum Gasteiger partial charge on any atom is 0.338 e. The molecule has 0 saturated carbocycles. The Bertz CT molecular complexity index is 1100. The van der Waals surface area contributed by atoms with Crippen molar-refractivity contribution < 1.29 is 14.3 Å². The number of nitrogens with one attached hydrogen (secondary N) is 1. The summed E-state index contributed by atoms with van der Waals surface area (Å²) in [5, 5.41) is 12.8. The van der Waals surface area contributed by atoms with E-state index >= 15 is 0 Å². The number of anilines is 1. The molecule has 0 atom stereocenters. The SMILES string of the molecule is Cc1c(C#N)c(NC(=O)COC(=O)c2ccc(Cl)cc2)n(-c2ccccc2)c1C. The van der Waals surface area contributed by atoms with E-state index in [1.54, 1.807) is 16.7 Å². The van der Waals surface area contributed by atoms with Crippen molar-refractivity contribution in [2.45, 2.75) is 13.8 Å². The number of benzene rings is 2. The molecule has 3 rings (SSSR count). The van der Waals surface area contributed by atoms with Gasteiger partial charge in [0.05, 0.1) is 11.1 Å². The van der Waals surface area contributed by atoms with Crippen molar-refractivity contribution in [1.82, 2.24) is 4.57 Å². The van der Waals surface area contributed by atoms with Crippen LogP contribution in [0.3, 0.4) is 0 Å². The molecule has 0 spiro atoms. The first kappa shape index (κ1) is 20.2. The van der Waals surface area contributed by atoms with Gasteiger partial charge in [0.2, 0.25) is 0 Å². The third kappa shape index (κ3) is 4.31. The molecule has 146 valence electrons. The maximum atomic E-state index is 12.4. The van der Waals surface area contributed by atoms with Crippen LogP contribution in [-0.4, -0.2) is 23.1 Å². The van der Waals surface area contributed by atoms with E-state index in [0.717, 1.165) is 16.9 Å². The first-order valence-corrected chi connectivity index (χ1v) is 9.20. The van der Waals surface area contributed by atoms with Gasteiger partial charge in [-0.15, -0.1) is 0 Å². The van der Waals surface area contributed by atoms with Gasteiger partial charge in [-0.3, -0.25) is 9.36 Å². The summed E-state index contributed by atoms with van der Waals surface area (Å²) in [6.07, 6.45) is 0. The van der Waals surface area contributed by atoms with Gasteiger partial charge in [-0.2, -0.15) is 5.26 Å². The number of para-hydroxylation sites is 1. The van der Waals surface area contributed by atoms with Crippen LogP contribution in [0.4, 0.5) is 5.82 Å². The van der Waals surface area contributed by atoms with Crippen molar-refractivity contribution in [1.29, 1.82) is 5.26 Å². The normalized spacial score (nSPS) is 10.3. The van der Waals surface area contributed by atoms with Crippen LogP contribution in [0.1, 0.15) is 27.2 Å². The molecule has 1 aromatic heterocycles. The van der Waals surface area contributed by atoms with Crippen molar-refractivity contribution in [2.24, 2.45) is 0 Å². The Morgan fingerprint density at radius 1 is 1.10 bits per heavy atom. The number of carbonyl (C=O) groups is 2. The molecule has 0 saturated heterocycles. The summed E-state index contributed by atoms with van der Waals surface area (Å²) in [4.78, 5) is 24.5. The Morgan fingerprint density at radius 3 is 2.38 bits per heavy atom. The predicted octanol–water partition coefficient (Wildman–Crippen LogP) is 4.41. The van der Waals surface area contributed by atoms with Crippen molar-refractivity contribution in [3.05, 3.63) is 82.0 Å². The Labute approximate surface area is 173 Å². The first-order valence-electron chi connectivity index (χ1n) is 8.82. The molecule has 1 amide bonds. The highest BCUT2D eigenvalue weighted by Crippen LogP contribution is 2.29. The minimum atomic E-state index is -0.636. The Hall–Kier alpha value is -3.56. The summed E-state index contributed by atoms with van der Waals surface area (Å²) in [5.41, 5.74) is 3.07. The molecular weight excluding hydrogens is 390 g/mol. The number of nitrogens with zero attached hydrogens (tertiary/aromatic N) is 2. The van der Waals surface area contributed by atoms with Gasteiger partial charge in [0.15, 0.2) is 6.61 Å². The number of hydrogen-bond acceptors (Lipinski definition) is 4. The highest BCUT2D eigenvalue weighted by molar-refractivity contribution is 6.30. The highest BCUT2D eigenvalue weighted by atomic mass is 35.5. The molecule has 0 aliphatic heterocycles. The molecular formula is C22H18ClN3O3. The zero-order valence-corrected chi connectivity index (χ0v) is 16.7. The lowest BCUT2D eigenvalue weighted by Gasteiger charge is -2.13. The van der Waals surface area contributed by atoms with Crippen LogP contribution in [0.15, 0.2) is 54.6 Å². The highest BCUT2D eigenvalue weighted by Gasteiger charge is 2.21. The van der Waals surface area contributed by atoms with E-state index in [9.17, 15) is 14.9 Å². The topological polar surface area (TPSA) is 84.1 Å². The van der Waals surface area contributed by atoms with Gasteiger partial charge < -0.3 is 10.1 Å². The number of carbonyl (C=O) groups excluding carboxylic acids is 2. The van der Waals surface area contributed by atoms with Crippen molar-refractivity contribution in [3.8, 4) is 11.8 Å². The largest absolute Gasteiger partial charge is 0.452 e. The summed E-state index contributed by atoms with van der Waals surface area (Å²) in [6.45, 7) is 3.22. The fraction of sp³-hybridized carbons (Fsp3) is 0.136. The number of rotatable bonds is 5. The number of esters is 1. The summed E-state index contributed by atoms with van der Waals surface area (Å²) in [5.74, 6) is -0.831.